The SMILES string of the molecule is CCO[C@@H]1C[C@H]2C(=O)NC3(CCC3)C(=O)N(C)[C@@H](C3CCCC3)C(=O)N(C)[C@H](C(=O)N(C)C)CC(=O)N(C)[C@@H](CC(C)C)C(=O)N[C@@H]([C@@H](C)CC)C(=O)N(C)CC(=O)N(C)[C@H]3C/C=C\CCN(C3=O)[C@@H](CC3CCC(F)CC3C)C(=O)N(C)CC(=O)N[C@@H](CCC3CCC(Cl)C(Cl)C3)C(=O)N2C1. The molecule has 4 saturated carbocycles. The standard InChI is InChI=1S/C74H119Cl2FN12O13/c1-15-45(5)63-71(99)83(10)43-62(92)84(11)55-25-18-17-21-34-88(70(55)98)59(38-49-28-29-50(77)36-46(49)6)69(97)82(9)42-60(90)78-54(31-27-47-26-30-52(75)53(76)37-47)67(95)89-41-51(102-16-2)39-57(89)66(94)80-74(32-22-33-74)73(101)87(14)64(48-23-19-20-24-48)72(100)86(13)58(68(96)81(7)8)40-61(91)85(12)56(35-44(3)4)65(93)79-63/h17-18,44-59,63-64H,15-16,19-43H2,1-14H3,(H,78,90)(H,79,93)(H,80,94)/b18-17-/t45-,46?,47?,49?,50?,51+,52?,53?,54-,55-,56-,57-,58-,59-,63-,64-/m0/s1. The highest BCUT2D eigenvalue weighted by Crippen LogP contribution is 2.40. The molecule has 6 unspecified atom stereocenters. The highest BCUT2D eigenvalue weighted by atomic mass is 35.5. The highest BCUT2D eigenvalue weighted by Gasteiger charge is 2.54. The molecule has 7 aliphatic rings. The molecule has 16 atom stereocenters. The third-order valence-electron chi connectivity index (χ3n) is 23.4. The summed E-state index contributed by atoms with van der Waals surface area (Å²) >= 11 is 13.3. The van der Waals surface area contributed by atoms with Crippen molar-refractivity contribution in [1.29, 1.82) is 0 Å². The van der Waals surface area contributed by atoms with Crippen molar-refractivity contribution in [2.45, 2.75) is 260 Å². The van der Waals surface area contributed by atoms with Crippen molar-refractivity contribution in [1.82, 2.24) is 60.0 Å². The van der Waals surface area contributed by atoms with Gasteiger partial charge >= 0.3 is 0 Å². The molecule has 4 aliphatic carbocycles. The summed E-state index contributed by atoms with van der Waals surface area (Å²) in [5.41, 5.74) is -1.52. The van der Waals surface area contributed by atoms with Crippen molar-refractivity contribution in [3.05, 3.63) is 12.2 Å². The van der Waals surface area contributed by atoms with E-state index in [9.17, 15) is 28.8 Å². The van der Waals surface area contributed by atoms with Crippen molar-refractivity contribution < 1.29 is 66.7 Å². The number of carbonyl (C=O) groups excluding carboxylic acids is 12. The van der Waals surface area contributed by atoms with Crippen LogP contribution in [0.15, 0.2) is 12.2 Å². The van der Waals surface area contributed by atoms with E-state index < -0.39 is 162 Å². The number of hydrogen-bond acceptors (Lipinski definition) is 13. The van der Waals surface area contributed by atoms with Gasteiger partial charge in [-0.05, 0) is 152 Å². The van der Waals surface area contributed by atoms with Gasteiger partial charge in [-0.25, -0.2) is 4.39 Å². The zero-order valence-electron chi connectivity index (χ0n) is 63.1. The Morgan fingerprint density at radius 2 is 1.36 bits per heavy atom. The first kappa shape index (κ1) is 83.1. The molecular weight excluding hydrogens is 1350 g/mol. The summed E-state index contributed by atoms with van der Waals surface area (Å²) in [4.78, 5) is 193. The molecular formula is C74H119Cl2FN12O13. The maximum atomic E-state index is 15.6. The van der Waals surface area contributed by atoms with Gasteiger partial charge in [-0.2, -0.15) is 0 Å². The number of rotatable bonds is 13. The minimum Gasteiger partial charge on any atom is -0.377 e. The number of halogens is 3. The summed E-state index contributed by atoms with van der Waals surface area (Å²) in [5, 5.41) is 8.39. The highest BCUT2D eigenvalue weighted by molar-refractivity contribution is 6.30. The Labute approximate surface area is 614 Å². The molecule has 3 heterocycles. The van der Waals surface area contributed by atoms with Crippen molar-refractivity contribution in [3.63, 3.8) is 0 Å². The Morgan fingerprint density at radius 1 is 0.686 bits per heavy atom. The minimum atomic E-state index is -1.52. The maximum absolute atomic E-state index is 15.6. The van der Waals surface area contributed by atoms with Crippen LogP contribution in [0.25, 0.3) is 0 Å². The van der Waals surface area contributed by atoms with Gasteiger partial charge in [0.1, 0.15) is 60.0 Å². The number of ether oxygens (including phenoxy) is 1. The van der Waals surface area contributed by atoms with Crippen LogP contribution in [0.1, 0.15) is 183 Å². The number of alkyl halides is 3. The molecule has 0 aromatic heterocycles. The zero-order chi connectivity index (χ0) is 75.4. The van der Waals surface area contributed by atoms with Crippen LogP contribution in [-0.2, 0) is 62.3 Å². The number of amides is 12. The summed E-state index contributed by atoms with van der Waals surface area (Å²) in [7, 11) is 11.7. The zero-order valence-corrected chi connectivity index (χ0v) is 64.6. The lowest BCUT2D eigenvalue weighted by Gasteiger charge is -2.46. The predicted molar refractivity (Wildman–Crippen MR) is 386 cm³/mol. The summed E-state index contributed by atoms with van der Waals surface area (Å²) in [6.07, 6.45) is 9.43. The van der Waals surface area contributed by atoms with E-state index in [1.165, 1.54) is 100 Å². The average Bonchev–Trinajstić information content (AvgIpc) is 1.27. The van der Waals surface area contributed by atoms with Crippen molar-refractivity contribution in [3.8, 4) is 0 Å². The fourth-order valence-corrected chi connectivity index (χ4v) is 17.1. The van der Waals surface area contributed by atoms with Gasteiger partial charge in [0.2, 0.25) is 70.9 Å². The maximum Gasteiger partial charge on any atom is 0.248 e. The molecule has 2 bridgehead atoms. The molecule has 6 fully saturated rings. The smallest absolute Gasteiger partial charge is 0.248 e. The van der Waals surface area contributed by atoms with Gasteiger partial charge in [0.25, 0.3) is 0 Å². The summed E-state index contributed by atoms with van der Waals surface area (Å²) in [6.45, 7) is 10.2. The second-order valence-electron chi connectivity index (χ2n) is 31.3. The van der Waals surface area contributed by atoms with E-state index in [0.29, 0.717) is 64.2 Å². The Hall–Kier alpha value is -6.15. The van der Waals surface area contributed by atoms with Crippen LogP contribution in [0.5, 0.6) is 0 Å². The molecule has 0 aromatic carbocycles. The summed E-state index contributed by atoms with van der Waals surface area (Å²) in [6, 6.07) is -9.81. The van der Waals surface area contributed by atoms with Gasteiger partial charge in [-0.15, -0.1) is 23.2 Å². The first-order valence-electron chi connectivity index (χ1n) is 37.6. The third kappa shape index (κ3) is 20.3. The van der Waals surface area contributed by atoms with Gasteiger partial charge in [-0.3, -0.25) is 57.5 Å². The van der Waals surface area contributed by atoms with Gasteiger partial charge in [0.05, 0.1) is 31.0 Å². The first-order valence-corrected chi connectivity index (χ1v) is 38.5. The Kier molecular flexibility index (Phi) is 30.3. The van der Waals surface area contributed by atoms with E-state index in [0.717, 1.165) is 12.8 Å². The van der Waals surface area contributed by atoms with E-state index in [4.69, 9.17) is 27.9 Å². The van der Waals surface area contributed by atoms with E-state index in [2.05, 4.69) is 16.0 Å². The monoisotopic (exact) mass is 1470 g/mol. The number of nitrogens with one attached hydrogen (secondary N) is 3. The molecule has 102 heavy (non-hydrogen) atoms. The molecule has 0 radical (unpaired) electrons. The first-order chi connectivity index (χ1) is 48.1. The Bertz CT molecular complexity index is 3030. The molecule has 12 amide bonds. The van der Waals surface area contributed by atoms with Crippen molar-refractivity contribution >= 4 is 94.1 Å². The van der Waals surface area contributed by atoms with Crippen LogP contribution < -0.4 is 16.0 Å². The van der Waals surface area contributed by atoms with E-state index in [1.807, 2.05) is 33.8 Å². The van der Waals surface area contributed by atoms with Gasteiger partial charge in [0, 0.05) is 87.9 Å². The molecule has 28 heteroatoms. The molecule has 2 saturated heterocycles. The van der Waals surface area contributed by atoms with Crippen LogP contribution in [-0.4, -0.2) is 281 Å². The second-order valence-corrected chi connectivity index (χ2v) is 32.4. The largest absolute Gasteiger partial charge is 0.377 e. The normalized spacial score (nSPS) is 32.8. The third-order valence-corrected chi connectivity index (χ3v) is 24.5. The number of likely N-dealkylation sites (N-methyl/N-ethyl adjacent to an activating group) is 7. The van der Waals surface area contributed by atoms with Crippen LogP contribution in [0.4, 0.5) is 4.39 Å². The number of nitrogens with zero attached hydrogens (tertiary/aromatic N) is 9. The lowest BCUT2D eigenvalue weighted by Crippen LogP contribution is -2.68. The molecule has 3 N–H and O–H groups in total. The van der Waals surface area contributed by atoms with Crippen molar-refractivity contribution in [2.24, 2.45) is 35.5 Å². The molecule has 1 spiro atoms. The summed E-state index contributed by atoms with van der Waals surface area (Å²) < 4.78 is 21.1. The van der Waals surface area contributed by atoms with Crippen molar-refractivity contribution in [2.75, 3.05) is 89.2 Å². The number of hydrogen-bond donors (Lipinski definition) is 3. The fourth-order valence-electron chi connectivity index (χ4n) is 16.5. The quantitative estimate of drug-likeness (QED) is 0.152. The fraction of sp³-hybridized carbons (Fsp3) is 0.811. The van der Waals surface area contributed by atoms with Gasteiger partial charge in [-0.1, -0.05) is 66.0 Å². The van der Waals surface area contributed by atoms with E-state index in [-0.39, 0.29) is 118 Å². The van der Waals surface area contributed by atoms with E-state index >= 15 is 33.2 Å². The summed E-state index contributed by atoms with van der Waals surface area (Å²) in [5.74, 6) is -8.89. The molecule has 25 nitrogen and oxygen atoms in total. The minimum absolute atomic E-state index is 0.0217. The molecule has 574 valence electrons. The number of fused-ring (bicyclic) bond motifs is 3. The van der Waals surface area contributed by atoms with Crippen LogP contribution in [0, 0.1) is 35.5 Å². The molecule has 3 aliphatic heterocycles. The van der Waals surface area contributed by atoms with Crippen LogP contribution in [0.3, 0.4) is 0 Å². The number of carbonyl (C=O) groups is 12. The predicted octanol–water partition coefficient (Wildman–Crippen LogP) is 5.51. The molecule has 7 rings (SSSR count). The lowest BCUT2D eigenvalue weighted by atomic mass is 9.74. The van der Waals surface area contributed by atoms with Crippen LogP contribution in [0.2, 0.25) is 0 Å². The topological polar surface area (TPSA) is 279 Å². The second kappa shape index (κ2) is 37.2. The van der Waals surface area contributed by atoms with Gasteiger partial charge < -0.3 is 64.8 Å². The van der Waals surface area contributed by atoms with Gasteiger partial charge in [0.15, 0.2) is 0 Å². The van der Waals surface area contributed by atoms with Crippen LogP contribution >= 0.6 is 23.2 Å². The Balaban J connectivity index is 1.31. The lowest BCUT2D eigenvalue weighted by molar-refractivity contribution is -0.158. The van der Waals surface area contributed by atoms with E-state index in [1.54, 1.807) is 19.9 Å². The molecule has 0 aromatic rings. The Morgan fingerprint density at radius 3 is 1.97 bits per heavy atom. The average molecular weight is 1470 g/mol.